The fourth-order valence-corrected chi connectivity index (χ4v) is 1.55. The average Bonchev–Trinajstić information content (AvgIpc) is 2.28. The molecule has 0 unspecified atom stereocenters. The molecule has 0 radical (unpaired) electrons. The minimum atomic E-state index is 0.527. The van der Waals surface area contributed by atoms with Gasteiger partial charge in [-0.15, -0.1) is 0 Å². The van der Waals surface area contributed by atoms with Gasteiger partial charge in [0.25, 0.3) is 0 Å². The van der Waals surface area contributed by atoms with E-state index >= 15 is 0 Å². The Hall–Kier alpha value is -2.10. The Morgan fingerprint density at radius 3 is 2.35 bits per heavy atom. The highest BCUT2D eigenvalue weighted by Crippen LogP contribution is 2.29. The van der Waals surface area contributed by atoms with Crippen LogP contribution in [0.15, 0.2) is 30.3 Å². The number of nitrogens with zero attached hydrogens (tertiary/aromatic N) is 2. The van der Waals surface area contributed by atoms with Crippen molar-refractivity contribution in [3.63, 3.8) is 0 Å². The van der Waals surface area contributed by atoms with Gasteiger partial charge >= 0.3 is 0 Å². The molecule has 1 aromatic carbocycles. The number of hydrogen-bond acceptors (Lipinski definition) is 4. The molecule has 4 nitrogen and oxygen atoms in total. The highest BCUT2D eigenvalue weighted by Gasteiger charge is 2.06. The molecule has 4 heteroatoms. The summed E-state index contributed by atoms with van der Waals surface area (Å²) in [6.07, 6.45) is 0. The Kier molecular flexibility index (Phi) is 3.23. The molecule has 0 amide bonds. The van der Waals surface area contributed by atoms with Crippen LogP contribution in [0.1, 0.15) is 11.5 Å². The van der Waals surface area contributed by atoms with E-state index in [1.807, 2.05) is 38.1 Å². The monoisotopic (exact) mass is 230 g/mol. The summed E-state index contributed by atoms with van der Waals surface area (Å²) < 4.78 is 10.9. The molecule has 17 heavy (non-hydrogen) atoms. The summed E-state index contributed by atoms with van der Waals surface area (Å²) in [5.74, 6) is 2.54. The van der Waals surface area contributed by atoms with Gasteiger partial charge in [0.05, 0.1) is 7.11 Å². The topological polar surface area (TPSA) is 44.2 Å². The van der Waals surface area contributed by atoms with Crippen LogP contribution in [0, 0.1) is 13.8 Å². The largest absolute Gasteiger partial charge is 0.493 e. The molecule has 0 atom stereocenters. The summed E-state index contributed by atoms with van der Waals surface area (Å²) in [4.78, 5) is 8.41. The van der Waals surface area contributed by atoms with Crippen LogP contribution in [0.25, 0.3) is 0 Å². The summed E-state index contributed by atoms with van der Waals surface area (Å²) in [5.41, 5.74) is 0.877. The fourth-order valence-electron chi connectivity index (χ4n) is 1.55. The second-order valence-electron chi connectivity index (χ2n) is 3.65. The van der Waals surface area contributed by atoms with Gasteiger partial charge in [0, 0.05) is 11.8 Å². The molecule has 1 heterocycles. The lowest BCUT2D eigenvalue weighted by Crippen LogP contribution is -1.96. The van der Waals surface area contributed by atoms with E-state index in [-0.39, 0.29) is 0 Å². The van der Waals surface area contributed by atoms with Crippen molar-refractivity contribution in [3.05, 3.63) is 41.9 Å². The molecule has 2 aromatic rings. The quantitative estimate of drug-likeness (QED) is 0.813. The lowest BCUT2D eigenvalue weighted by Gasteiger charge is -2.09. The standard InChI is InChI=1S/C13H14N2O2/c1-9-8-13(15-10(2)14-9)17-12-7-5-4-6-11(12)16-3/h4-8H,1-3H3. The molecule has 88 valence electrons. The summed E-state index contributed by atoms with van der Waals surface area (Å²) in [7, 11) is 1.61. The van der Waals surface area contributed by atoms with Crippen LogP contribution in [-0.4, -0.2) is 17.1 Å². The van der Waals surface area contributed by atoms with Gasteiger partial charge < -0.3 is 9.47 Å². The van der Waals surface area contributed by atoms with E-state index in [0.29, 0.717) is 23.2 Å². The van der Waals surface area contributed by atoms with E-state index in [9.17, 15) is 0 Å². The Bertz CT molecular complexity index is 506. The van der Waals surface area contributed by atoms with Gasteiger partial charge in [-0.2, -0.15) is 4.98 Å². The van der Waals surface area contributed by atoms with Gasteiger partial charge in [-0.1, -0.05) is 12.1 Å². The van der Waals surface area contributed by atoms with Crippen LogP contribution < -0.4 is 9.47 Å². The maximum Gasteiger partial charge on any atom is 0.222 e. The highest BCUT2D eigenvalue weighted by atomic mass is 16.5. The van der Waals surface area contributed by atoms with Gasteiger partial charge in [0.2, 0.25) is 5.88 Å². The Labute approximate surface area is 100 Å². The highest BCUT2D eigenvalue weighted by molar-refractivity contribution is 5.41. The van der Waals surface area contributed by atoms with E-state index in [0.717, 1.165) is 5.69 Å². The van der Waals surface area contributed by atoms with E-state index < -0.39 is 0 Å². The normalized spacial score (nSPS) is 10.1. The van der Waals surface area contributed by atoms with Gasteiger partial charge in [0.15, 0.2) is 11.5 Å². The van der Waals surface area contributed by atoms with Crippen molar-refractivity contribution in [3.8, 4) is 17.4 Å². The van der Waals surface area contributed by atoms with Crippen LogP contribution >= 0.6 is 0 Å². The number of benzene rings is 1. The third kappa shape index (κ3) is 2.72. The minimum absolute atomic E-state index is 0.527. The van der Waals surface area contributed by atoms with Gasteiger partial charge in [-0.05, 0) is 26.0 Å². The third-order valence-corrected chi connectivity index (χ3v) is 2.23. The van der Waals surface area contributed by atoms with Crippen LogP contribution in [0.5, 0.6) is 17.4 Å². The Morgan fingerprint density at radius 1 is 1.00 bits per heavy atom. The van der Waals surface area contributed by atoms with Crippen LogP contribution in [0.2, 0.25) is 0 Å². The predicted octanol–water partition coefficient (Wildman–Crippen LogP) is 2.89. The van der Waals surface area contributed by atoms with E-state index in [4.69, 9.17) is 9.47 Å². The van der Waals surface area contributed by atoms with Crippen molar-refractivity contribution >= 4 is 0 Å². The SMILES string of the molecule is COc1ccccc1Oc1cc(C)nc(C)n1. The molecule has 0 aliphatic carbocycles. The zero-order valence-electron chi connectivity index (χ0n) is 10.1. The number of aromatic nitrogens is 2. The van der Waals surface area contributed by atoms with Gasteiger partial charge in [0.1, 0.15) is 5.82 Å². The maximum absolute atomic E-state index is 5.69. The first kappa shape index (κ1) is 11.4. The second-order valence-corrected chi connectivity index (χ2v) is 3.65. The molecule has 0 aliphatic rings. The third-order valence-electron chi connectivity index (χ3n) is 2.23. The minimum Gasteiger partial charge on any atom is -0.493 e. The zero-order valence-corrected chi connectivity index (χ0v) is 10.1. The molecule has 0 spiro atoms. The molecule has 0 bridgehead atoms. The molecule has 0 aliphatic heterocycles. The Balaban J connectivity index is 2.31. The van der Waals surface area contributed by atoms with Crippen LogP contribution in [-0.2, 0) is 0 Å². The second kappa shape index (κ2) is 4.82. The molecule has 2 rings (SSSR count). The number of aryl methyl sites for hydroxylation is 2. The predicted molar refractivity (Wildman–Crippen MR) is 64.6 cm³/mol. The maximum atomic E-state index is 5.69. The Morgan fingerprint density at radius 2 is 1.71 bits per heavy atom. The van der Waals surface area contributed by atoms with Crippen molar-refractivity contribution in [2.45, 2.75) is 13.8 Å². The summed E-state index contributed by atoms with van der Waals surface area (Å²) in [6, 6.07) is 9.25. The summed E-state index contributed by atoms with van der Waals surface area (Å²) in [6.45, 7) is 3.74. The van der Waals surface area contributed by atoms with Crippen molar-refractivity contribution < 1.29 is 9.47 Å². The fraction of sp³-hybridized carbons (Fsp3) is 0.231. The molecule has 0 fully saturated rings. The lowest BCUT2D eigenvalue weighted by molar-refractivity contribution is 0.373. The van der Waals surface area contributed by atoms with Crippen LogP contribution in [0.4, 0.5) is 0 Å². The van der Waals surface area contributed by atoms with E-state index in [1.165, 1.54) is 0 Å². The first-order valence-electron chi connectivity index (χ1n) is 5.32. The number of para-hydroxylation sites is 2. The van der Waals surface area contributed by atoms with Crippen molar-refractivity contribution in [2.24, 2.45) is 0 Å². The molecule has 0 N–H and O–H groups in total. The van der Waals surface area contributed by atoms with E-state index in [2.05, 4.69) is 9.97 Å². The summed E-state index contributed by atoms with van der Waals surface area (Å²) in [5, 5.41) is 0. The number of ether oxygens (including phenoxy) is 2. The van der Waals surface area contributed by atoms with Crippen LogP contribution in [0.3, 0.4) is 0 Å². The van der Waals surface area contributed by atoms with Crippen molar-refractivity contribution in [2.75, 3.05) is 7.11 Å². The first-order valence-corrected chi connectivity index (χ1v) is 5.32. The number of methoxy groups -OCH3 is 1. The van der Waals surface area contributed by atoms with Crippen molar-refractivity contribution in [1.82, 2.24) is 9.97 Å². The number of hydrogen-bond donors (Lipinski definition) is 0. The molecular formula is C13H14N2O2. The molecular weight excluding hydrogens is 216 g/mol. The molecule has 0 saturated heterocycles. The first-order chi connectivity index (χ1) is 8.19. The van der Waals surface area contributed by atoms with E-state index in [1.54, 1.807) is 13.2 Å². The van der Waals surface area contributed by atoms with Crippen molar-refractivity contribution in [1.29, 1.82) is 0 Å². The number of rotatable bonds is 3. The average molecular weight is 230 g/mol. The smallest absolute Gasteiger partial charge is 0.222 e. The van der Waals surface area contributed by atoms with Gasteiger partial charge in [-0.25, -0.2) is 4.98 Å². The summed E-state index contributed by atoms with van der Waals surface area (Å²) >= 11 is 0. The van der Waals surface area contributed by atoms with Gasteiger partial charge in [-0.3, -0.25) is 0 Å². The zero-order chi connectivity index (χ0) is 12.3. The molecule has 1 aromatic heterocycles. The lowest BCUT2D eigenvalue weighted by atomic mass is 10.3. The molecule has 0 saturated carbocycles.